The van der Waals surface area contributed by atoms with Crippen molar-refractivity contribution in [1.82, 2.24) is 0 Å². The highest BCUT2D eigenvalue weighted by atomic mass is 16.5. The molecule has 1 unspecified atom stereocenters. The molecule has 0 fully saturated rings. The molecule has 1 nitrogen and oxygen atoms in total. The lowest BCUT2D eigenvalue weighted by Gasteiger charge is -2.29. The summed E-state index contributed by atoms with van der Waals surface area (Å²) in [6.07, 6.45) is 1.18. The van der Waals surface area contributed by atoms with Crippen molar-refractivity contribution in [2.45, 2.75) is 39.7 Å². The van der Waals surface area contributed by atoms with Crippen LogP contribution in [0.25, 0.3) is 0 Å². The Labute approximate surface area is 58.4 Å². The van der Waals surface area contributed by atoms with Gasteiger partial charge in [0, 0.05) is 7.11 Å². The van der Waals surface area contributed by atoms with Gasteiger partial charge in [-0.1, -0.05) is 20.3 Å². The first-order valence-corrected chi connectivity index (χ1v) is 3.59. The van der Waals surface area contributed by atoms with Gasteiger partial charge >= 0.3 is 0 Å². The van der Waals surface area contributed by atoms with Gasteiger partial charge in [-0.2, -0.15) is 0 Å². The molecular weight excluding hydrogens is 112 g/mol. The summed E-state index contributed by atoms with van der Waals surface area (Å²) < 4.78 is 5.29. The average Bonchev–Trinajstić information content (AvgIpc) is 1.86. The molecule has 0 spiro atoms. The highest BCUT2D eigenvalue weighted by molar-refractivity contribution is 4.73. The number of rotatable bonds is 3. The quantitative estimate of drug-likeness (QED) is 0.570. The molecule has 1 atom stereocenters. The van der Waals surface area contributed by atoms with E-state index >= 15 is 0 Å². The Bertz CT molecular complexity index is 76.6. The Morgan fingerprint density at radius 2 is 1.89 bits per heavy atom. The first-order valence-electron chi connectivity index (χ1n) is 3.59. The van der Waals surface area contributed by atoms with E-state index in [0.29, 0.717) is 5.92 Å². The molecule has 0 rings (SSSR count). The van der Waals surface area contributed by atoms with Gasteiger partial charge in [0.2, 0.25) is 0 Å². The third-order valence-electron chi connectivity index (χ3n) is 2.33. The summed E-state index contributed by atoms with van der Waals surface area (Å²) in [5, 5.41) is 0. The van der Waals surface area contributed by atoms with Gasteiger partial charge in [0.1, 0.15) is 0 Å². The maximum atomic E-state index is 5.29. The minimum atomic E-state index is 0.0503. The molecule has 0 saturated carbocycles. The fraction of sp³-hybridized carbons (Fsp3) is 1.00. The van der Waals surface area contributed by atoms with Crippen LogP contribution in [-0.4, -0.2) is 12.7 Å². The molecule has 0 amide bonds. The largest absolute Gasteiger partial charge is 0.379 e. The molecular formula is C8H18O. The van der Waals surface area contributed by atoms with Crippen LogP contribution in [0.15, 0.2) is 0 Å². The highest BCUT2D eigenvalue weighted by Crippen LogP contribution is 2.22. The Kier molecular flexibility index (Phi) is 3.20. The van der Waals surface area contributed by atoms with Crippen molar-refractivity contribution in [1.29, 1.82) is 0 Å². The third kappa shape index (κ3) is 2.35. The first-order chi connectivity index (χ1) is 4.04. The fourth-order valence-electron chi connectivity index (χ4n) is 0.693. The number of hydrogen-bond donors (Lipinski definition) is 0. The van der Waals surface area contributed by atoms with Crippen molar-refractivity contribution in [2.24, 2.45) is 5.92 Å². The maximum Gasteiger partial charge on any atom is 0.0648 e. The smallest absolute Gasteiger partial charge is 0.0648 e. The van der Waals surface area contributed by atoms with Crippen molar-refractivity contribution < 1.29 is 4.74 Å². The Balaban J connectivity index is 3.80. The van der Waals surface area contributed by atoms with Gasteiger partial charge in [-0.15, -0.1) is 0 Å². The van der Waals surface area contributed by atoms with Crippen molar-refractivity contribution in [3.05, 3.63) is 0 Å². The predicted octanol–water partition coefficient (Wildman–Crippen LogP) is 2.46. The lowest BCUT2D eigenvalue weighted by molar-refractivity contribution is -0.0228. The number of methoxy groups -OCH3 is 1. The van der Waals surface area contributed by atoms with E-state index in [9.17, 15) is 0 Å². The Morgan fingerprint density at radius 3 is 2.00 bits per heavy atom. The summed E-state index contributed by atoms with van der Waals surface area (Å²) >= 11 is 0. The van der Waals surface area contributed by atoms with E-state index in [0.717, 1.165) is 0 Å². The summed E-state index contributed by atoms with van der Waals surface area (Å²) in [4.78, 5) is 0. The van der Waals surface area contributed by atoms with Gasteiger partial charge in [0.25, 0.3) is 0 Å². The lowest BCUT2D eigenvalue weighted by atomic mass is 9.90. The minimum absolute atomic E-state index is 0.0503. The monoisotopic (exact) mass is 130 g/mol. The summed E-state index contributed by atoms with van der Waals surface area (Å²) in [6, 6.07) is 0. The number of hydrogen-bond acceptors (Lipinski definition) is 1. The van der Waals surface area contributed by atoms with Crippen LogP contribution in [0.2, 0.25) is 0 Å². The van der Waals surface area contributed by atoms with Crippen molar-refractivity contribution in [3.63, 3.8) is 0 Å². The van der Waals surface area contributed by atoms with Crippen LogP contribution in [0, 0.1) is 5.92 Å². The second-order valence-corrected chi connectivity index (χ2v) is 3.12. The zero-order valence-corrected chi connectivity index (χ0v) is 7.19. The topological polar surface area (TPSA) is 9.23 Å². The van der Waals surface area contributed by atoms with Gasteiger partial charge in [-0.05, 0) is 19.8 Å². The van der Waals surface area contributed by atoms with Gasteiger partial charge in [0.15, 0.2) is 0 Å². The van der Waals surface area contributed by atoms with Crippen molar-refractivity contribution in [2.75, 3.05) is 7.11 Å². The molecule has 0 aromatic rings. The molecule has 0 aliphatic heterocycles. The van der Waals surface area contributed by atoms with E-state index in [1.165, 1.54) is 6.42 Å². The molecule has 0 bridgehead atoms. The molecule has 0 aromatic heterocycles. The fourth-order valence-corrected chi connectivity index (χ4v) is 0.693. The van der Waals surface area contributed by atoms with Crippen LogP contribution < -0.4 is 0 Å². The third-order valence-corrected chi connectivity index (χ3v) is 2.33. The summed E-state index contributed by atoms with van der Waals surface area (Å²) in [5.41, 5.74) is 0.0503. The molecule has 1 heteroatoms. The maximum absolute atomic E-state index is 5.29. The van der Waals surface area contributed by atoms with Crippen LogP contribution in [0.5, 0.6) is 0 Å². The highest BCUT2D eigenvalue weighted by Gasteiger charge is 2.22. The summed E-state index contributed by atoms with van der Waals surface area (Å²) in [7, 11) is 1.77. The second-order valence-electron chi connectivity index (χ2n) is 3.12. The standard InChI is InChI=1S/C8H18O/c1-6-7(2)8(3,4)9-5/h7H,6H2,1-5H3. The van der Waals surface area contributed by atoms with Crippen LogP contribution >= 0.6 is 0 Å². The molecule has 9 heavy (non-hydrogen) atoms. The van der Waals surface area contributed by atoms with Crippen molar-refractivity contribution in [3.8, 4) is 0 Å². The van der Waals surface area contributed by atoms with E-state index in [1.807, 2.05) is 0 Å². The molecule has 0 heterocycles. The minimum Gasteiger partial charge on any atom is -0.379 e. The van der Waals surface area contributed by atoms with E-state index in [4.69, 9.17) is 4.74 Å². The van der Waals surface area contributed by atoms with Gasteiger partial charge < -0.3 is 4.74 Å². The Hall–Kier alpha value is -0.0400. The molecule has 0 N–H and O–H groups in total. The van der Waals surface area contributed by atoms with Crippen LogP contribution in [0.1, 0.15) is 34.1 Å². The predicted molar refractivity (Wildman–Crippen MR) is 40.5 cm³/mol. The van der Waals surface area contributed by atoms with Gasteiger partial charge in [0.05, 0.1) is 5.60 Å². The van der Waals surface area contributed by atoms with Crippen molar-refractivity contribution >= 4 is 0 Å². The molecule has 0 aromatic carbocycles. The molecule has 0 aliphatic carbocycles. The average molecular weight is 130 g/mol. The Morgan fingerprint density at radius 1 is 1.44 bits per heavy atom. The molecule has 0 radical (unpaired) electrons. The molecule has 0 saturated heterocycles. The van der Waals surface area contributed by atoms with Crippen LogP contribution in [0.3, 0.4) is 0 Å². The lowest BCUT2D eigenvalue weighted by Crippen LogP contribution is -2.30. The van der Waals surface area contributed by atoms with Crippen LogP contribution in [-0.2, 0) is 4.74 Å². The summed E-state index contributed by atoms with van der Waals surface area (Å²) in [6.45, 7) is 8.65. The SMILES string of the molecule is CCC(C)C(C)(C)OC. The van der Waals surface area contributed by atoms with Gasteiger partial charge in [-0.3, -0.25) is 0 Å². The number of ether oxygens (including phenoxy) is 1. The van der Waals surface area contributed by atoms with E-state index in [1.54, 1.807) is 7.11 Å². The van der Waals surface area contributed by atoms with Crippen LogP contribution in [0.4, 0.5) is 0 Å². The summed E-state index contributed by atoms with van der Waals surface area (Å²) in [5.74, 6) is 0.641. The zero-order chi connectivity index (χ0) is 7.49. The molecule has 0 aliphatic rings. The zero-order valence-electron chi connectivity index (χ0n) is 7.19. The van der Waals surface area contributed by atoms with E-state index in [-0.39, 0.29) is 5.60 Å². The normalized spacial score (nSPS) is 15.7. The van der Waals surface area contributed by atoms with Gasteiger partial charge in [-0.25, -0.2) is 0 Å². The first kappa shape index (κ1) is 8.96. The van der Waals surface area contributed by atoms with E-state index in [2.05, 4.69) is 27.7 Å². The molecule has 56 valence electrons. The second kappa shape index (κ2) is 3.21. The van der Waals surface area contributed by atoms with E-state index < -0.39 is 0 Å².